The molecule has 0 aromatic rings. The number of amides is 1. The van der Waals surface area contributed by atoms with Crippen molar-refractivity contribution in [2.24, 2.45) is 0 Å². The molecule has 0 radical (unpaired) electrons. The number of nitrogens with one attached hydrogen (secondary N) is 2. The van der Waals surface area contributed by atoms with Crippen LogP contribution in [0.1, 0.15) is 66.7 Å². The van der Waals surface area contributed by atoms with Crippen molar-refractivity contribution in [2.75, 3.05) is 0 Å². The van der Waals surface area contributed by atoms with E-state index in [0.717, 1.165) is 12.8 Å². The van der Waals surface area contributed by atoms with Gasteiger partial charge in [0.25, 0.3) is 0 Å². The monoisotopic (exact) mass is 270 g/mol. The Balaban J connectivity index is 2.21. The highest BCUT2D eigenvalue weighted by atomic mass is 16.6. The fraction of sp³-hybridized carbons (Fsp3) is 0.933. The first kappa shape index (κ1) is 16.3. The Hall–Kier alpha value is -0.770. The zero-order valence-corrected chi connectivity index (χ0v) is 13.1. The molecule has 4 heteroatoms. The highest BCUT2D eigenvalue weighted by Gasteiger charge is 2.40. The molecule has 1 rings (SSSR count). The molecule has 0 aromatic carbocycles. The molecular weight excluding hydrogens is 240 g/mol. The average Bonchev–Trinajstić information content (AvgIpc) is 2.99. The molecule has 1 saturated carbocycles. The van der Waals surface area contributed by atoms with E-state index < -0.39 is 5.60 Å². The van der Waals surface area contributed by atoms with Gasteiger partial charge in [-0.25, -0.2) is 4.79 Å². The molecule has 112 valence electrons. The summed E-state index contributed by atoms with van der Waals surface area (Å²) in [5.41, 5.74) is -0.422. The average molecular weight is 270 g/mol. The van der Waals surface area contributed by atoms with E-state index in [1.807, 2.05) is 20.8 Å². The molecule has 0 bridgehead atoms. The van der Waals surface area contributed by atoms with Crippen LogP contribution in [0.15, 0.2) is 0 Å². The second-order valence-corrected chi connectivity index (χ2v) is 6.51. The molecule has 3 unspecified atom stereocenters. The second kappa shape index (κ2) is 7.13. The number of alkyl carbamates (subject to hydrolysis) is 1. The van der Waals surface area contributed by atoms with Gasteiger partial charge in [-0.1, -0.05) is 26.7 Å². The first-order valence-corrected chi connectivity index (χ1v) is 7.61. The number of unbranched alkanes of at least 4 members (excludes halogenated alkanes) is 1. The van der Waals surface area contributed by atoms with Crippen LogP contribution < -0.4 is 10.6 Å². The fourth-order valence-electron chi connectivity index (χ4n) is 2.16. The molecular formula is C15H30N2O2. The summed E-state index contributed by atoms with van der Waals surface area (Å²) in [5.74, 6) is 0. The third kappa shape index (κ3) is 6.81. The third-order valence-electron chi connectivity index (χ3n) is 3.34. The topological polar surface area (TPSA) is 50.4 Å². The molecule has 1 amide bonds. The van der Waals surface area contributed by atoms with Gasteiger partial charge in [-0.2, -0.15) is 0 Å². The summed E-state index contributed by atoms with van der Waals surface area (Å²) in [4.78, 5) is 11.6. The lowest BCUT2D eigenvalue weighted by Gasteiger charge is -2.20. The number of hydrogen-bond donors (Lipinski definition) is 2. The van der Waals surface area contributed by atoms with E-state index in [2.05, 4.69) is 24.5 Å². The summed E-state index contributed by atoms with van der Waals surface area (Å²) < 4.78 is 5.26. The van der Waals surface area contributed by atoms with E-state index >= 15 is 0 Å². The number of rotatable bonds is 7. The van der Waals surface area contributed by atoms with Crippen molar-refractivity contribution in [1.29, 1.82) is 0 Å². The summed E-state index contributed by atoms with van der Waals surface area (Å²) in [6, 6.07) is 1.25. The second-order valence-electron chi connectivity index (χ2n) is 6.51. The van der Waals surface area contributed by atoms with Crippen LogP contribution in [0.25, 0.3) is 0 Å². The summed E-state index contributed by atoms with van der Waals surface area (Å²) in [7, 11) is 0. The lowest BCUT2D eigenvalue weighted by molar-refractivity contribution is 0.0521. The highest BCUT2D eigenvalue weighted by Crippen LogP contribution is 2.23. The van der Waals surface area contributed by atoms with E-state index in [0.29, 0.717) is 12.1 Å². The number of ether oxygens (including phenoxy) is 1. The van der Waals surface area contributed by atoms with E-state index in [4.69, 9.17) is 4.74 Å². The van der Waals surface area contributed by atoms with E-state index in [-0.39, 0.29) is 12.1 Å². The van der Waals surface area contributed by atoms with E-state index in [1.165, 1.54) is 19.3 Å². The minimum atomic E-state index is -0.422. The van der Waals surface area contributed by atoms with Crippen molar-refractivity contribution in [1.82, 2.24) is 10.6 Å². The van der Waals surface area contributed by atoms with Gasteiger partial charge in [-0.05, 0) is 40.0 Å². The zero-order valence-electron chi connectivity index (χ0n) is 13.1. The largest absolute Gasteiger partial charge is 0.444 e. The molecule has 2 N–H and O–H groups in total. The molecule has 1 aliphatic rings. The van der Waals surface area contributed by atoms with Gasteiger partial charge in [0.15, 0.2) is 0 Å². The summed E-state index contributed by atoms with van der Waals surface area (Å²) in [5, 5.41) is 6.55. The van der Waals surface area contributed by atoms with E-state index in [9.17, 15) is 4.79 Å². The lowest BCUT2D eigenvalue weighted by atomic mass is 10.1. The molecule has 3 atom stereocenters. The Kier molecular flexibility index (Phi) is 6.11. The van der Waals surface area contributed by atoms with Gasteiger partial charge in [0.2, 0.25) is 0 Å². The van der Waals surface area contributed by atoms with Crippen LogP contribution in [0.5, 0.6) is 0 Å². The molecule has 0 aliphatic heterocycles. The fourth-order valence-corrected chi connectivity index (χ4v) is 2.16. The predicted molar refractivity (Wildman–Crippen MR) is 78.3 cm³/mol. The van der Waals surface area contributed by atoms with E-state index in [1.54, 1.807) is 0 Å². The van der Waals surface area contributed by atoms with Crippen molar-refractivity contribution < 1.29 is 9.53 Å². The maximum atomic E-state index is 11.6. The molecule has 1 fully saturated rings. The summed E-state index contributed by atoms with van der Waals surface area (Å²) in [6.07, 6.45) is 5.59. The van der Waals surface area contributed by atoms with Crippen molar-refractivity contribution in [3.8, 4) is 0 Å². The van der Waals surface area contributed by atoms with Crippen LogP contribution in [0, 0.1) is 0 Å². The lowest BCUT2D eigenvalue weighted by Crippen LogP contribution is -2.39. The Bertz CT molecular complexity index is 286. The van der Waals surface area contributed by atoms with Crippen molar-refractivity contribution in [2.45, 2.75) is 90.4 Å². The van der Waals surface area contributed by atoms with Gasteiger partial charge in [-0.3, -0.25) is 0 Å². The maximum absolute atomic E-state index is 11.6. The Morgan fingerprint density at radius 3 is 2.53 bits per heavy atom. The normalized spacial score (nSPS) is 23.8. The van der Waals surface area contributed by atoms with Crippen LogP contribution in [0.4, 0.5) is 4.79 Å². The first-order valence-electron chi connectivity index (χ1n) is 7.61. The predicted octanol–water partition coefficient (Wildman–Crippen LogP) is 3.21. The molecule has 19 heavy (non-hydrogen) atoms. The summed E-state index contributed by atoms with van der Waals surface area (Å²) >= 11 is 0. The van der Waals surface area contributed by atoms with Crippen LogP contribution in [0.2, 0.25) is 0 Å². The number of carbonyl (C=O) groups excluding carboxylic acids is 1. The standard InChI is InChI=1S/C15H30N2O2/c1-6-8-9-11(7-2)16-12-10-13(12)17-14(18)19-15(3,4)5/h11-13,16H,6-10H2,1-5H3,(H,17,18). The van der Waals surface area contributed by atoms with Crippen LogP contribution >= 0.6 is 0 Å². The Morgan fingerprint density at radius 2 is 2.00 bits per heavy atom. The molecule has 4 nitrogen and oxygen atoms in total. The molecule has 0 saturated heterocycles. The Morgan fingerprint density at radius 1 is 1.32 bits per heavy atom. The highest BCUT2D eigenvalue weighted by molar-refractivity contribution is 5.68. The minimum Gasteiger partial charge on any atom is -0.444 e. The molecule has 0 aromatic heterocycles. The molecule has 0 heterocycles. The van der Waals surface area contributed by atoms with Crippen molar-refractivity contribution >= 4 is 6.09 Å². The van der Waals surface area contributed by atoms with Crippen LogP contribution in [-0.4, -0.2) is 29.8 Å². The molecule has 0 spiro atoms. The maximum Gasteiger partial charge on any atom is 0.407 e. The minimum absolute atomic E-state index is 0.241. The van der Waals surface area contributed by atoms with Crippen LogP contribution in [0.3, 0.4) is 0 Å². The van der Waals surface area contributed by atoms with Gasteiger partial charge in [0.1, 0.15) is 5.60 Å². The van der Waals surface area contributed by atoms with Crippen molar-refractivity contribution in [3.05, 3.63) is 0 Å². The van der Waals surface area contributed by atoms with Gasteiger partial charge >= 0.3 is 6.09 Å². The smallest absolute Gasteiger partial charge is 0.407 e. The van der Waals surface area contributed by atoms with Gasteiger partial charge < -0.3 is 15.4 Å². The van der Waals surface area contributed by atoms with Crippen molar-refractivity contribution in [3.63, 3.8) is 0 Å². The Labute approximate surface area is 117 Å². The van der Waals surface area contributed by atoms with Gasteiger partial charge in [0, 0.05) is 18.1 Å². The summed E-state index contributed by atoms with van der Waals surface area (Å²) in [6.45, 7) is 10.1. The third-order valence-corrected chi connectivity index (χ3v) is 3.34. The van der Waals surface area contributed by atoms with Crippen LogP contribution in [-0.2, 0) is 4.74 Å². The first-order chi connectivity index (χ1) is 8.85. The SMILES string of the molecule is CCCCC(CC)NC1CC1NC(=O)OC(C)(C)C. The quantitative estimate of drug-likeness (QED) is 0.747. The number of carbonyl (C=O) groups is 1. The molecule has 1 aliphatic carbocycles. The van der Waals surface area contributed by atoms with Gasteiger partial charge in [0.05, 0.1) is 0 Å². The number of hydrogen-bond acceptors (Lipinski definition) is 3. The van der Waals surface area contributed by atoms with Gasteiger partial charge in [-0.15, -0.1) is 0 Å². The zero-order chi connectivity index (χ0) is 14.5.